The summed E-state index contributed by atoms with van der Waals surface area (Å²) in [4.78, 5) is 33.5. The van der Waals surface area contributed by atoms with Crippen LogP contribution in [0.4, 0.5) is 0 Å². The topological polar surface area (TPSA) is 105 Å². The molecule has 29 heavy (non-hydrogen) atoms. The number of ether oxygens (including phenoxy) is 2. The zero-order chi connectivity index (χ0) is 21.1. The van der Waals surface area contributed by atoms with Gasteiger partial charge in [-0.3, -0.25) is 4.79 Å². The van der Waals surface area contributed by atoms with Crippen molar-refractivity contribution in [3.05, 3.63) is 62.0 Å². The second-order valence-corrected chi connectivity index (χ2v) is 7.61. The number of H-pyrrole nitrogens is 1. The minimum absolute atomic E-state index is 0.159. The van der Waals surface area contributed by atoms with Crippen molar-refractivity contribution < 1.29 is 14.3 Å². The zero-order valence-corrected chi connectivity index (χ0v) is 17.2. The number of aryl methyl sites for hydroxylation is 2. The van der Waals surface area contributed by atoms with Gasteiger partial charge in [0.05, 0.1) is 12.5 Å². The second kappa shape index (κ2) is 8.29. The van der Waals surface area contributed by atoms with Crippen LogP contribution < -0.4 is 10.3 Å². The van der Waals surface area contributed by atoms with E-state index in [1.165, 1.54) is 17.4 Å². The summed E-state index contributed by atoms with van der Waals surface area (Å²) in [5.41, 5.74) is 1.12. The molecule has 1 aromatic carbocycles. The number of fused-ring (bicyclic) bond motifs is 1. The molecule has 0 saturated heterocycles. The number of hydrogen-bond donors (Lipinski definition) is 1. The second-order valence-electron chi connectivity index (χ2n) is 6.41. The van der Waals surface area contributed by atoms with Gasteiger partial charge in [0.2, 0.25) is 0 Å². The summed E-state index contributed by atoms with van der Waals surface area (Å²) in [6.07, 6.45) is 0.606. The average molecular weight is 409 g/mol. The Morgan fingerprint density at radius 3 is 2.62 bits per heavy atom. The molecule has 0 fully saturated rings. The molecule has 2 heterocycles. The number of thiophene rings is 1. The number of methoxy groups -OCH3 is 1. The number of carbonyl (C=O) groups excluding carboxylic acids is 1. The highest BCUT2D eigenvalue weighted by atomic mass is 32.1. The summed E-state index contributed by atoms with van der Waals surface area (Å²) in [7, 11) is 1.55. The van der Waals surface area contributed by atoms with E-state index in [2.05, 4.69) is 9.97 Å². The van der Waals surface area contributed by atoms with Crippen molar-refractivity contribution in [1.29, 1.82) is 5.26 Å². The first-order chi connectivity index (χ1) is 13.8. The molecule has 0 aliphatic rings. The molecule has 1 atom stereocenters. The molecule has 0 unspecified atom stereocenters. The maximum atomic E-state index is 12.4. The predicted molar refractivity (Wildman–Crippen MR) is 111 cm³/mol. The van der Waals surface area contributed by atoms with Gasteiger partial charge in [0, 0.05) is 4.88 Å². The van der Waals surface area contributed by atoms with Crippen LogP contribution in [-0.2, 0) is 9.53 Å². The van der Waals surface area contributed by atoms with Crippen molar-refractivity contribution in [2.45, 2.75) is 26.9 Å². The molecule has 1 N–H and O–H groups in total. The van der Waals surface area contributed by atoms with Crippen molar-refractivity contribution in [3.63, 3.8) is 0 Å². The molecular weight excluding hydrogens is 390 g/mol. The van der Waals surface area contributed by atoms with Crippen LogP contribution in [0.15, 0.2) is 34.6 Å². The number of hydrogen-bond acceptors (Lipinski definition) is 7. The van der Waals surface area contributed by atoms with Crippen molar-refractivity contribution >= 4 is 33.6 Å². The first kappa shape index (κ1) is 20.3. The molecule has 0 bridgehead atoms. The Balaban J connectivity index is 1.83. The molecule has 8 heteroatoms. The molecular formula is C21H19N3O4S. The van der Waals surface area contributed by atoms with Gasteiger partial charge >= 0.3 is 5.97 Å². The number of benzene rings is 1. The monoisotopic (exact) mass is 409 g/mol. The molecule has 0 aliphatic heterocycles. The number of rotatable bonds is 5. The lowest BCUT2D eigenvalue weighted by atomic mass is 10.1. The van der Waals surface area contributed by atoms with Gasteiger partial charge in [0.25, 0.3) is 5.56 Å². The third kappa shape index (κ3) is 4.20. The Kier molecular flexibility index (Phi) is 5.80. The number of aromatic nitrogens is 2. The van der Waals surface area contributed by atoms with Gasteiger partial charge in [-0.15, -0.1) is 11.3 Å². The van der Waals surface area contributed by atoms with Gasteiger partial charge in [0.15, 0.2) is 11.9 Å². The summed E-state index contributed by atoms with van der Waals surface area (Å²) < 4.78 is 10.5. The SMILES string of the molecule is COc1ccc(/C=C(\C#N)C(=O)O[C@@H](C)c2nc3sc(C)c(C)c3c(=O)[nH]2)cc1. The first-order valence-corrected chi connectivity index (χ1v) is 9.62. The minimum atomic E-state index is -0.824. The average Bonchev–Trinajstić information content (AvgIpc) is 3.00. The van der Waals surface area contributed by atoms with Gasteiger partial charge in [0.1, 0.15) is 22.2 Å². The predicted octanol–water partition coefficient (Wildman–Crippen LogP) is 3.82. The van der Waals surface area contributed by atoms with Gasteiger partial charge in [-0.25, -0.2) is 9.78 Å². The quantitative estimate of drug-likeness (QED) is 0.390. The lowest BCUT2D eigenvalue weighted by molar-refractivity contribution is -0.143. The summed E-state index contributed by atoms with van der Waals surface area (Å²) in [6, 6.07) is 8.75. The van der Waals surface area contributed by atoms with Crippen LogP contribution in [0.3, 0.4) is 0 Å². The van der Waals surface area contributed by atoms with E-state index >= 15 is 0 Å². The molecule has 0 amide bonds. The molecule has 0 saturated carbocycles. The Labute approximate surface area is 171 Å². The largest absolute Gasteiger partial charge is 0.497 e. The molecule has 3 aromatic rings. The fourth-order valence-corrected chi connectivity index (χ4v) is 3.78. The Morgan fingerprint density at radius 2 is 2.00 bits per heavy atom. The minimum Gasteiger partial charge on any atom is -0.497 e. The number of nitrogens with zero attached hydrogens (tertiary/aromatic N) is 2. The first-order valence-electron chi connectivity index (χ1n) is 8.80. The van der Waals surface area contributed by atoms with Crippen LogP contribution in [0.5, 0.6) is 5.75 Å². The van der Waals surface area contributed by atoms with Crippen LogP contribution in [0.2, 0.25) is 0 Å². The van der Waals surface area contributed by atoms with E-state index < -0.39 is 12.1 Å². The molecule has 0 spiro atoms. The van der Waals surface area contributed by atoms with Crippen molar-refractivity contribution in [2.24, 2.45) is 0 Å². The van der Waals surface area contributed by atoms with E-state index in [0.717, 1.165) is 10.4 Å². The normalized spacial score (nSPS) is 12.4. The van der Waals surface area contributed by atoms with Crippen LogP contribution >= 0.6 is 11.3 Å². The van der Waals surface area contributed by atoms with Gasteiger partial charge in [-0.05, 0) is 50.1 Å². The molecule has 148 valence electrons. The van der Waals surface area contributed by atoms with E-state index in [1.807, 2.05) is 19.9 Å². The van der Waals surface area contributed by atoms with E-state index in [4.69, 9.17) is 9.47 Å². The van der Waals surface area contributed by atoms with Crippen LogP contribution in [0.1, 0.15) is 34.9 Å². The molecule has 0 aliphatic carbocycles. The van der Waals surface area contributed by atoms with Gasteiger partial charge in [-0.2, -0.15) is 5.26 Å². The van der Waals surface area contributed by atoms with E-state index in [1.54, 1.807) is 38.3 Å². The number of nitriles is 1. The van der Waals surface area contributed by atoms with Crippen LogP contribution in [0, 0.1) is 25.2 Å². The van der Waals surface area contributed by atoms with Gasteiger partial charge < -0.3 is 14.5 Å². The highest BCUT2D eigenvalue weighted by molar-refractivity contribution is 7.18. The summed E-state index contributed by atoms with van der Waals surface area (Å²) >= 11 is 1.41. The van der Waals surface area contributed by atoms with Crippen molar-refractivity contribution in [2.75, 3.05) is 7.11 Å². The summed E-state index contributed by atoms with van der Waals surface area (Å²) in [6.45, 7) is 5.39. The van der Waals surface area contributed by atoms with E-state index in [0.29, 0.717) is 21.5 Å². The van der Waals surface area contributed by atoms with Gasteiger partial charge in [-0.1, -0.05) is 12.1 Å². The van der Waals surface area contributed by atoms with E-state index in [-0.39, 0.29) is 17.0 Å². The molecule has 7 nitrogen and oxygen atoms in total. The maximum Gasteiger partial charge on any atom is 0.349 e. The van der Waals surface area contributed by atoms with E-state index in [9.17, 15) is 14.9 Å². The molecule has 2 aromatic heterocycles. The van der Waals surface area contributed by atoms with Crippen molar-refractivity contribution in [1.82, 2.24) is 9.97 Å². The fraction of sp³-hybridized carbons (Fsp3) is 0.238. The Bertz CT molecular complexity index is 1200. The third-order valence-corrected chi connectivity index (χ3v) is 5.59. The standard InChI is InChI=1S/C21H19N3O4S/c1-11-13(3)29-20-17(11)19(25)23-18(24-20)12(2)28-21(26)15(10-22)9-14-5-7-16(27-4)8-6-14/h5-9,12H,1-4H3,(H,23,24,25)/b15-9+/t12-/m0/s1. The van der Waals surface area contributed by atoms with Crippen LogP contribution in [0.25, 0.3) is 16.3 Å². The molecule has 3 rings (SSSR count). The number of nitrogens with one attached hydrogen (secondary N) is 1. The third-order valence-electron chi connectivity index (χ3n) is 4.49. The zero-order valence-electron chi connectivity index (χ0n) is 16.4. The summed E-state index contributed by atoms with van der Waals surface area (Å²) in [5, 5.41) is 9.89. The summed E-state index contributed by atoms with van der Waals surface area (Å²) in [5.74, 6) is 0.109. The highest BCUT2D eigenvalue weighted by Gasteiger charge is 2.20. The number of aromatic amines is 1. The smallest absolute Gasteiger partial charge is 0.349 e. The maximum absolute atomic E-state index is 12.4. The fourth-order valence-electron chi connectivity index (χ4n) is 2.75. The molecule has 0 radical (unpaired) electrons. The Hall–Kier alpha value is -3.44. The number of esters is 1. The van der Waals surface area contributed by atoms with Crippen molar-refractivity contribution in [3.8, 4) is 11.8 Å². The van der Waals surface area contributed by atoms with Crippen LogP contribution in [-0.4, -0.2) is 23.0 Å². The number of carbonyl (C=O) groups is 1. The Morgan fingerprint density at radius 1 is 1.31 bits per heavy atom. The lowest BCUT2D eigenvalue weighted by Gasteiger charge is -2.12. The lowest BCUT2D eigenvalue weighted by Crippen LogP contribution is -2.17. The highest BCUT2D eigenvalue weighted by Crippen LogP contribution is 2.27.